The molecule has 4 rings (SSSR count). The first-order valence-electron chi connectivity index (χ1n) is 6.78. The van der Waals surface area contributed by atoms with Crippen molar-refractivity contribution in [3.8, 4) is 11.5 Å². The van der Waals surface area contributed by atoms with Gasteiger partial charge in [0, 0.05) is 28.7 Å². The molecule has 0 spiro atoms. The molecule has 0 bridgehead atoms. The SMILES string of the molecule is Clc1cccc(-c2nc(CSc3nc4ncccn4n3)co2)c1. The normalized spacial score (nSPS) is 11.2. The molecule has 6 nitrogen and oxygen atoms in total. The van der Waals surface area contributed by atoms with Crippen LogP contribution in [-0.2, 0) is 5.75 Å². The van der Waals surface area contributed by atoms with Crippen molar-refractivity contribution in [3.05, 3.63) is 59.7 Å². The molecule has 0 aliphatic carbocycles. The van der Waals surface area contributed by atoms with E-state index in [4.69, 9.17) is 16.0 Å². The second-order valence-corrected chi connectivity index (χ2v) is 6.08. The quantitative estimate of drug-likeness (QED) is 0.526. The average molecular weight is 344 g/mol. The molecule has 23 heavy (non-hydrogen) atoms. The standard InChI is InChI=1S/C15H10ClN5OS/c16-11-4-1-3-10(7-11)13-18-12(8-22-13)9-23-15-19-14-17-5-2-6-21(14)20-15/h1-8H,9H2. The van der Waals surface area contributed by atoms with E-state index >= 15 is 0 Å². The minimum atomic E-state index is 0.549. The molecule has 0 saturated heterocycles. The zero-order chi connectivity index (χ0) is 15.6. The van der Waals surface area contributed by atoms with Gasteiger partial charge >= 0.3 is 0 Å². The van der Waals surface area contributed by atoms with Gasteiger partial charge in [0.25, 0.3) is 5.78 Å². The monoisotopic (exact) mass is 343 g/mol. The topological polar surface area (TPSA) is 69.1 Å². The zero-order valence-electron chi connectivity index (χ0n) is 11.8. The maximum atomic E-state index is 5.98. The summed E-state index contributed by atoms with van der Waals surface area (Å²) in [4.78, 5) is 12.9. The highest BCUT2D eigenvalue weighted by Gasteiger charge is 2.10. The van der Waals surface area contributed by atoms with Crippen LogP contribution in [0.1, 0.15) is 5.69 Å². The highest BCUT2D eigenvalue weighted by molar-refractivity contribution is 7.98. The van der Waals surface area contributed by atoms with Crippen LogP contribution < -0.4 is 0 Å². The third kappa shape index (κ3) is 3.06. The highest BCUT2D eigenvalue weighted by Crippen LogP contribution is 2.25. The third-order valence-corrected chi connectivity index (χ3v) is 4.18. The molecule has 4 aromatic rings. The molecule has 0 aliphatic rings. The Bertz CT molecular complexity index is 934. The fourth-order valence-corrected chi connectivity index (χ4v) is 2.93. The van der Waals surface area contributed by atoms with E-state index in [2.05, 4.69) is 20.1 Å². The van der Waals surface area contributed by atoms with Crippen LogP contribution in [-0.4, -0.2) is 24.6 Å². The van der Waals surface area contributed by atoms with Gasteiger partial charge in [-0.25, -0.2) is 14.5 Å². The fourth-order valence-electron chi connectivity index (χ4n) is 2.04. The third-order valence-electron chi connectivity index (χ3n) is 3.07. The van der Waals surface area contributed by atoms with Crippen molar-refractivity contribution in [1.82, 2.24) is 24.6 Å². The summed E-state index contributed by atoms with van der Waals surface area (Å²) in [6.45, 7) is 0. The maximum Gasteiger partial charge on any atom is 0.253 e. The predicted molar refractivity (Wildman–Crippen MR) is 87.3 cm³/mol. The Kier molecular flexibility index (Phi) is 3.72. The summed E-state index contributed by atoms with van der Waals surface area (Å²) >= 11 is 7.46. The van der Waals surface area contributed by atoms with E-state index in [1.165, 1.54) is 11.8 Å². The molecule has 3 aromatic heterocycles. The van der Waals surface area contributed by atoms with Crippen molar-refractivity contribution < 1.29 is 4.42 Å². The van der Waals surface area contributed by atoms with Crippen LogP contribution in [0.5, 0.6) is 0 Å². The van der Waals surface area contributed by atoms with Crippen LogP contribution in [0, 0.1) is 0 Å². The second kappa shape index (κ2) is 6.02. The van der Waals surface area contributed by atoms with Gasteiger partial charge in [-0.2, -0.15) is 4.98 Å². The molecule has 0 saturated carbocycles. The fraction of sp³-hybridized carbons (Fsp3) is 0.0667. The number of nitrogens with zero attached hydrogens (tertiary/aromatic N) is 5. The van der Waals surface area contributed by atoms with Gasteiger partial charge in [-0.1, -0.05) is 29.4 Å². The number of aromatic nitrogens is 5. The molecule has 1 aromatic carbocycles. The number of rotatable bonds is 4. The summed E-state index contributed by atoms with van der Waals surface area (Å²) < 4.78 is 7.15. The lowest BCUT2D eigenvalue weighted by atomic mass is 10.2. The van der Waals surface area contributed by atoms with E-state index in [0.717, 1.165) is 11.3 Å². The van der Waals surface area contributed by atoms with Crippen molar-refractivity contribution >= 4 is 29.1 Å². The Morgan fingerprint density at radius 1 is 1.22 bits per heavy atom. The van der Waals surface area contributed by atoms with Crippen molar-refractivity contribution in [2.75, 3.05) is 0 Å². The minimum absolute atomic E-state index is 0.549. The lowest BCUT2D eigenvalue weighted by Crippen LogP contribution is -1.87. The van der Waals surface area contributed by atoms with Gasteiger partial charge in [0.1, 0.15) is 6.26 Å². The molecule has 114 valence electrons. The number of thioether (sulfide) groups is 1. The van der Waals surface area contributed by atoms with Crippen LogP contribution in [0.25, 0.3) is 17.2 Å². The highest BCUT2D eigenvalue weighted by atomic mass is 35.5. The Balaban J connectivity index is 1.49. The number of oxazole rings is 1. The Morgan fingerprint density at radius 2 is 2.17 bits per heavy atom. The molecule has 0 aliphatic heterocycles. The number of hydrogen-bond donors (Lipinski definition) is 0. The van der Waals surface area contributed by atoms with Crippen molar-refractivity contribution in [1.29, 1.82) is 0 Å². The lowest BCUT2D eigenvalue weighted by Gasteiger charge is -1.95. The van der Waals surface area contributed by atoms with E-state index in [9.17, 15) is 0 Å². The summed E-state index contributed by atoms with van der Waals surface area (Å²) in [6, 6.07) is 9.21. The Morgan fingerprint density at radius 3 is 3.04 bits per heavy atom. The second-order valence-electron chi connectivity index (χ2n) is 4.70. The molecular formula is C15H10ClN5OS. The summed E-state index contributed by atoms with van der Waals surface area (Å²) in [6.07, 6.45) is 5.14. The first-order chi connectivity index (χ1) is 11.3. The molecule has 0 N–H and O–H groups in total. The Labute approximate surface area is 140 Å². The van der Waals surface area contributed by atoms with E-state index in [-0.39, 0.29) is 0 Å². The Hall–Kier alpha value is -2.38. The van der Waals surface area contributed by atoms with Crippen LogP contribution in [0.2, 0.25) is 5.02 Å². The van der Waals surface area contributed by atoms with Gasteiger partial charge in [0.15, 0.2) is 0 Å². The molecule has 0 unspecified atom stereocenters. The zero-order valence-corrected chi connectivity index (χ0v) is 13.3. The maximum absolute atomic E-state index is 5.98. The van der Waals surface area contributed by atoms with Crippen LogP contribution in [0.3, 0.4) is 0 Å². The molecule has 3 heterocycles. The van der Waals surface area contributed by atoms with Crippen molar-refractivity contribution in [2.45, 2.75) is 10.9 Å². The molecule has 0 amide bonds. The molecule has 0 atom stereocenters. The average Bonchev–Trinajstić information content (AvgIpc) is 3.19. The number of benzene rings is 1. The summed E-state index contributed by atoms with van der Waals surface area (Å²) in [7, 11) is 0. The minimum Gasteiger partial charge on any atom is -0.444 e. The lowest BCUT2D eigenvalue weighted by molar-refractivity contribution is 0.573. The first-order valence-corrected chi connectivity index (χ1v) is 8.15. The van der Waals surface area contributed by atoms with E-state index in [1.54, 1.807) is 17.0 Å². The van der Waals surface area contributed by atoms with Gasteiger partial charge in [-0.3, -0.25) is 0 Å². The van der Waals surface area contributed by atoms with Crippen LogP contribution >= 0.6 is 23.4 Å². The number of hydrogen-bond acceptors (Lipinski definition) is 6. The van der Waals surface area contributed by atoms with Crippen LogP contribution in [0.4, 0.5) is 0 Å². The smallest absolute Gasteiger partial charge is 0.253 e. The molecular weight excluding hydrogens is 334 g/mol. The summed E-state index contributed by atoms with van der Waals surface area (Å²) in [5.74, 6) is 1.74. The summed E-state index contributed by atoms with van der Waals surface area (Å²) in [5, 5.41) is 5.63. The van der Waals surface area contributed by atoms with Gasteiger partial charge in [0.05, 0.1) is 5.69 Å². The molecule has 0 radical (unpaired) electrons. The molecule has 8 heteroatoms. The van der Waals surface area contributed by atoms with E-state index in [1.807, 2.05) is 36.5 Å². The van der Waals surface area contributed by atoms with Crippen molar-refractivity contribution in [2.24, 2.45) is 0 Å². The van der Waals surface area contributed by atoms with Gasteiger partial charge in [0.2, 0.25) is 11.0 Å². The van der Waals surface area contributed by atoms with E-state index < -0.39 is 0 Å². The summed E-state index contributed by atoms with van der Waals surface area (Å²) in [5.41, 5.74) is 1.67. The first kappa shape index (κ1) is 14.2. The van der Waals surface area contributed by atoms with Gasteiger partial charge < -0.3 is 4.42 Å². The largest absolute Gasteiger partial charge is 0.444 e. The van der Waals surface area contributed by atoms with Gasteiger partial charge in [-0.15, -0.1) is 5.10 Å². The van der Waals surface area contributed by atoms with Crippen LogP contribution in [0.15, 0.2) is 58.6 Å². The number of halogens is 1. The molecule has 0 fully saturated rings. The predicted octanol–water partition coefficient (Wildman–Crippen LogP) is 3.73. The van der Waals surface area contributed by atoms with E-state index in [0.29, 0.717) is 27.6 Å². The van der Waals surface area contributed by atoms with Gasteiger partial charge in [-0.05, 0) is 24.3 Å². The number of fused-ring (bicyclic) bond motifs is 1. The van der Waals surface area contributed by atoms with Crippen molar-refractivity contribution in [3.63, 3.8) is 0 Å².